The number of fused-ring (bicyclic) bond motifs is 1. The maximum absolute atomic E-state index is 11.9. The highest BCUT2D eigenvalue weighted by Crippen LogP contribution is 2.31. The van der Waals surface area contributed by atoms with E-state index in [1.54, 1.807) is 19.2 Å². The zero-order chi connectivity index (χ0) is 25.4. The molecule has 36 heavy (non-hydrogen) atoms. The summed E-state index contributed by atoms with van der Waals surface area (Å²) in [5.41, 5.74) is 9.78. The first-order chi connectivity index (χ1) is 17.3. The molecule has 4 aromatic heterocycles. The predicted octanol–water partition coefficient (Wildman–Crippen LogP) is 3.78. The van der Waals surface area contributed by atoms with Crippen molar-refractivity contribution in [3.8, 4) is 28.5 Å². The van der Waals surface area contributed by atoms with E-state index in [9.17, 15) is 4.79 Å². The number of pyridine rings is 4. The molecular formula is C27H28N6O3. The van der Waals surface area contributed by atoms with E-state index >= 15 is 0 Å². The van der Waals surface area contributed by atoms with E-state index in [4.69, 9.17) is 25.2 Å². The third-order valence-electron chi connectivity index (χ3n) is 6.23. The molecule has 1 aliphatic rings. The number of aryl methyl sites for hydroxylation is 1. The van der Waals surface area contributed by atoms with Crippen LogP contribution in [0, 0.1) is 6.92 Å². The number of hydrogen-bond acceptors (Lipinski definition) is 8. The maximum Gasteiger partial charge on any atom is 0.250 e. The van der Waals surface area contributed by atoms with Gasteiger partial charge in [-0.15, -0.1) is 0 Å². The Labute approximate surface area is 209 Å². The lowest BCUT2D eigenvalue weighted by Crippen LogP contribution is -2.45. The lowest BCUT2D eigenvalue weighted by molar-refractivity contribution is -0.00545. The van der Waals surface area contributed by atoms with Crippen LogP contribution < -0.4 is 15.4 Å². The Kier molecular flexibility index (Phi) is 6.24. The van der Waals surface area contributed by atoms with Crippen LogP contribution in [0.15, 0.2) is 48.7 Å². The van der Waals surface area contributed by atoms with Gasteiger partial charge in [0.05, 0.1) is 58.7 Å². The SMILES string of the molecule is COc1nc(C)c(C(N)=O)cc1-c1cc2nc(-c3cccc(N4C[C@@H](C)O[C@@H](C)C4)n3)ccc2cn1. The van der Waals surface area contributed by atoms with E-state index in [1.165, 1.54) is 7.11 Å². The Hall–Kier alpha value is -4.11. The van der Waals surface area contributed by atoms with Crippen LogP contribution in [0.4, 0.5) is 5.82 Å². The molecule has 0 aliphatic carbocycles. The van der Waals surface area contributed by atoms with Crippen LogP contribution >= 0.6 is 0 Å². The number of nitrogens with zero attached hydrogens (tertiary/aromatic N) is 5. The molecule has 2 atom stereocenters. The number of carbonyl (C=O) groups is 1. The van der Waals surface area contributed by atoms with Crippen molar-refractivity contribution < 1.29 is 14.3 Å². The van der Waals surface area contributed by atoms with Gasteiger partial charge in [-0.3, -0.25) is 9.78 Å². The lowest BCUT2D eigenvalue weighted by Gasteiger charge is -2.36. The molecule has 184 valence electrons. The first-order valence-electron chi connectivity index (χ1n) is 11.8. The van der Waals surface area contributed by atoms with Gasteiger partial charge in [-0.2, -0.15) is 0 Å². The number of amides is 1. The fourth-order valence-corrected chi connectivity index (χ4v) is 4.59. The van der Waals surface area contributed by atoms with Crippen LogP contribution in [0.2, 0.25) is 0 Å². The van der Waals surface area contributed by atoms with Gasteiger partial charge in [-0.05, 0) is 57.2 Å². The highest BCUT2D eigenvalue weighted by atomic mass is 16.5. The minimum atomic E-state index is -0.555. The Morgan fingerprint density at radius 2 is 1.78 bits per heavy atom. The van der Waals surface area contributed by atoms with Crippen molar-refractivity contribution in [3.63, 3.8) is 0 Å². The van der Waals surface area contributed by atoms with Crippen molar-refractivity contribution in [1.82, 2.24) is 19.9 Å². The van der Waals surface area contributed by atoms with E-state index in [2.05, 4.69) is 28.7 Å². The summed E-state index contributed by atoms with van der Waals surface area (Å²) in [4.78, 5) is 32.9. The first kappa shape index (κ1) is 23.6. The number of methoxy groups -OCH3 is 1. The smallest absolute Gasteiger partial charge is 0.250 e. The van der Waals surface area contributed by atoms with Gasteiger partial charge < -0.3 is 20.1 Å². The van der Waals surface area contributed by atoms with Gasteiger partial charge in [-0.1, -0.05) is 6.07 Å². The third-order valence-corrected chi connectivity index (χ3v) is 6.23. The van der Waals surface area contributed by atoms with E-state index in [0.717, 1.165) is 41.2 Å². The first-order valence-corrected chi connectivity index (χ1v) is 11.8. The van der Waals surface area contributed by atoms with Crippen LogP contribution in [0.3, 0.4) is 0 Å². The summed E-state index contributed by atoms with van der Waals surface area (Å²) in [5, 5.41) is 0.878. The molecule has 0 saturated carbocycles. The second-order valence-electron chi connectivity index (χ2n) is 9.04. The zero-order valence-corrected chi connectivity index (χ0v) is 20.7. The fourth-order valence-electron chi connectivity index (χ4n) is 4.59. The predicted molar refractivity (Wildman–Crippen MR) is 138 cm³/mol. The van der Waals surface area contributed by atoms with Gasteiger partial charge in [0.1, 0.15) is 5.82 Å². The molecule has 0 spiro atoms. The van der Waals surface area contributed by atoms with Crippen LogP contribution in [-0.2, 0) is 4.74 Å². The van der Waals surface area contributed by atoms with Crippen LogP contribution in [0.25, 0.3) is 33.5 Å². The van der Waals surface area contributed by atoms with Crippen molar-refractivity contribution in [3.05, 3.63) is 59.9 Å². The Morgan fingerprint density at radius 1 is 1.03 bits per heavy atom. The second kappa shape index (κ2) is 9.50. The number of hydrogen-bond donors (Lipinski definition) is 1. The number of aromatic nitrogens is 4. The van der Waals surface area contributed by atoms with Crippen molar-refractivity contribution in [2.75, 3.05) is 25.1 Å². The Morgan fingerprint density at radius 3 is 2.50 bits per heavy atom. The number of ether oxygens (including phenoxy) is 2. The van der Waals surface area contributed by atoms with E-state index in [0.29, 0.717) is 28.4 Å². The molecule has 1 fully saturated rings. The van der Waals surface area contributed by atoms with Crippen molar-refractivity contribution in [1.29, 1.82) is 0 Å². The van der Waals surface area contributed by atoms with Gasteiger partial charge in [0.15, 0.2) is 0 Å². The molecule has 9 heteroatoms. The average Bonchev–Trinajstić information content (AvgIpc) is 2.87. The van der Waals surface area contributed by atoms with Crippen molar-refractivity contribution >= 4 is 22.6 Å². The molecule has 1 amide bonds. The van der Waals surface area contributed by atoms with Gasteiger partial charge in [0.2, 0.25) is 5.88 Å². The molecule has 9 nitrogen and oxygen atoms in total. The molecule has 0 unspecified atom stereocenters. The normalized spacial score (nSPS) is 17.8. The summed E-state index contributed by atoms with van der Waals surface area (Å²) in [5.74, 6) is 0.713. The number of anilines is 1. The van der Waals surface area contributed by atoms with Crippen LogP contribution in [0.5, 0.6) is 5.88 Å². The third kappa shape index (κ3) is 4.57. The summed E-state index contributed by atoms with van der Waals surface area (Å²) in [6, 6.07) is 13.4. The highest BCUT2D eigenvalue weighted by Gasteiger charge is 2.23. The molecule has 1 aliphatic heterocycles. The van der Waals surface area contributed by atoms with Crippen LogP contribution in [0.1, 0.15) is 29.9 Å². The molecule has 4 aromatic rings. The molecule has 0 radical (unpaired) electrons. The fraction of sp³-hybridized carbons (Fsp3) is 0.296. The summed E-state index contributed by atoms with van der Waals surface area (Å²) in [6.45, 7) is 7.46. The number of nitrogens with two attached hydrogens (primary N) is 1. The molecule has 5 heterocycles. The maximum atomic E-state index is 11.9. The number of morpholine rings is 1. The highest BCUT2D eigenvalue weighted by molar-refractivity contribution is 5.96. The quantitative estimate of drug-likeness (QED) is 0.455. The van der Waals surface area contributed by atoms with Gasteiger partial charge in [0, 0.05) is 24.7 Å². The number of carbonyl (C=O) groups excluding carboxylic acids is 1. The number of primary amides is 1. The second-order valence-corrected chi connectivity index (χ2v) is 9.04. The summed E-state index contributed by atoms with van der Waals surface area (Å²) < 4.78 is 11.3. The average molecular weight is 485 g/mol. The Bertz CT molecular complexity index is 1450. The van der Waals surface area contributed by atoms with Gasteiger partial charge in [0.25, 0.3) is 5.91 Å². The van der Waals surface area contributed by atoms with Crippen molar-refractivity contribution in [2.45, 2.75) is 33.0 Å². The van der Waals surface area contributed by atoms with Gasteiger partial charge >= 0.3 is 0 Å². The molecule has 0 bridgehead atoms. The molecule has 0 aromatic carbocycles. The zero-order valence-electron chi connectivity index (χ0n) is 20.7. The summed E-state index contributed by atoms with van der Waals surface area (Å²) in [6.07, 6.45) is 2.03. The lowest BCUT2D eigenvalue weighted by atomic mass is 10.1. The summed E-state index contributed by atoms with van der Waals surface area (Å²) in [7, 11) is 1.53. The van der Waals surface area contributed by atoms with E-state index < -0.39 is 5.91 Å². The monoisotopic (exact) mass is 484 g/mol. The van der Waals surface area contributed by atoms with Crippen LogP contribution in [-0.4, -0.2) is 58.3 Å². The number of rotatable bonds is 5. The standard InChI is InChI=1S/C27H28N6O3/c1-15-13-33(14-16(2)36-15)25-7-5-6-21(32-25)22-9-8-18-12-29-24(11-23(18)31-22)20-10-19(26(28)34)17(3)30-27(20)35-4/h5-12,15-16H,13-14H2,1-4H3,(H2,28,34)/t15-,16+. The van der Waals surface area contributed by atoms with E-state index in [-0.39, 0.29) is 12.2 Å². The molecular weight excluding hydrogens is 456 g/mol. The largest absolute Gasteiger partial charge is 0.480 e. The topological polar surface area (TPSA) is 116 Å². The minimum absolute atomic E-state index is 0.146. The Balaban J connectivity index is 1.54. The summed E-state index contributed by atoms with van der Waals surface area (Å²) >= 11 is 0. The van der Waals surface area contributed by atoms with Crippen molar-refractivity contribution in [2.24, 2.45) is 5.73 Å². The van der Waals surface area contributed by atoms with Gasteiger partial charge in [-0.25, -0.2) is 15.0 Å². The minimum Gasteiger partial charge on any atom is -0.480 e. The molecule has 2 N–H and O–H groups in total. The molecule has 5 rings (SSSR count). The van der Waals surface area contributed by atoms with E-state index in [1.807, 2.05) is 36.4 Å². The molecule has 1 saturated heterocycles.